The highest BCUT2D eigenvalue weighted by atomic mass is 31.2. The van der Waals surface area contributed by atoms with Crippen LogP contribution in [0.1, 0.15) is 22.3 Å². The standard InChI is InChI=1S/C32H16N8.C12H11O2P.Al/c1-2-10-18-17(9-1)25-33-26(18)38-28-21-13-5-6-14-22(21)30(35-28)40-32-24-16-8-7-15-23(24)31(36-32)39-29-20-12-4-3-11-19(20)27(34-29)37-25;13-15(14,11-7-3-1-4-8-11)12-9-5-2-6-10-12;/h1-16H;1-10H,(H,13,14);/q-2;;+3/p-1. The third-order valence-corrected chi connectivity index (χ3v) is 16.5. The van der Waals surface area contributed by atoms with Gasteiger partial charge < -0.3 is 10.7 Å². The van der Waals surface area contributed by atoms with E-state index in [4.69, 9.17) is 33.5 Å². The van der Waals surface area contributed by atoms with E-state index in [-0.39, 0.29) is 0 Å². The van der Waals surface area contributed by atoms with Crippen molar-refractivity contribution in [3.05, 3.63) is 191 Å². The average Bonchev–Trinajstić information content (AvgIpc) is 3.97. The van der Waals surface area contributed by atoms with E-state index < -0.39 is 22.3 Å². The number of aliphatic imine (C=N–C) groups is 4. The van der Waals surface area contributed by atoms with Gasteiger partial charge in [-0.2, -0.15) is 0 Å². The molecule has 10 nitrogen and oxygen atoms in total. The van der Waals surface area contributed by atoms with E-state index in [2.05, 4.69) is 7.10 Å². The summed E-state index contributed by atoms with van der Waals surface area (Å²) in [6, 6.07) is 51.1. The molecule has 6 heterocycles. The summed E-state index contributed by atoms with van der Waals surface area (Å²) in [4.78, 5) is 31.9. The third-order valence-electron chi connectivity index (χ3n) is 10.7. The van der Waals surface area contributed by atoms with E-state index in [1.165, 1.54) is 0 Å². The minimum atomic E-state index is -3.87. The zero-order chi connectivity index (χ0) is 37.0. The van der Waals surface area contributed by atoms with Gasteiger partial charge in [0.05, 0.1) is 0 Å². The lowest BCUT2D eigenvalue weighted by atomic mass is 10.1. The molecule has 0 fully saturated rings. The summed E-state index contributed by atoms with van der Waals surface area (Å²) in [7, 11) is -3.87. The van der Waals surface area contributed by atoms with Crippen molar-refractivity contribution in [2.45, 2.75) is 0 Å². The fraction of sp³-hybridized carbons (Fsp3) is 0. The number of hydrogen-bond donors (Lipinski definition) is 0. The van der Waals surface area contributed by atoms with Crippen LogP contribution in [-0.2, 0) is 8.14 Å². The van der Waals surface area contributed by atoms with Crippen molar-refractivity contribution < 1.29 is 8.14 Å². The van der Waals surface area contributed by atoms with Crippen molar-refractivity contribution in [2.24, 2.45) is 30.0 Å². The highest BCUT2D eigenvalue weighted by Gasteiger charge is 2.47. The molecule has 0 amide bonds. The molecule has 6 bridgehead atoms. The smallest absolute Gasteiger partial charge is 0.410 e. The molecule has 0 spiro atoms. The number of rotatable bonds is 4. The summed E-state index contributed by atoms with van der Waals surface area (Å²) >= 11 is -3.44. The van der Waals surface area contributed by atoms with Crippen LogP contribution in [0.25, 0.3) is 21.5 Å². The van der Waals surface area contributed by atoms with Crippen molar-refractivity contribution >= 4 is 89.4 Å². The average molecular weight is 757 g/mol. The van der Waals surface area contributed by atoms with Crippen LogP contribution in [0.2, 0.25) is 0 Å². The van der Waals surface area contributed by atoms with Crippen molar-refractivity contribution in [1.82, 2.24) is 7.10 Å². The van der Waals surface area contributed by atoms with Crippen LogP contribution < -0.4 is 21.6 Å². The van der Waals surface area contributed by atoms with Crippen molar-refractivity contribution in [2.75, 3.05) is 0 Å². The van der Waals surface area contributed by atoms with Gasteiger partial charge in [0.15, 0.2) is 23.3 Å². The van der Waals surface area contributed by atoms with Crippen LogP contribution in [0, 0.1) is 0 Å². The van der Waals surface area contributed by atoms with Crippen molar-refractivity contribution in [1.29, 1.82) is 0 Å². The Morgan fingerprint density at radius 1 is 0.393 bits per heavy atom. The number of amidine groups is 4. The summed E-state index contributed by atoms with van der Waals surface area (Å²) in [5.41, 5.74) is 4.65. The van der Waals surface area contributed by atoms with Gasteiger partial charge in [-0.25, -0.2) is 30.0 Å². The molecule has 12 rings (SSSR count). The molecular weight excluding hydrogens is 730 g/mol. The van der Waals surface area contributed by atoms with Crippen molar-refractivity contribution in [3.8, 4) is 0 Å². The summed E-state index contributed by atoms with van der Waals surface area (Å²) in [6.07, 6.45) is 0. The molecule has 4 aliphatic heterocycles. The van der Waals surface area contributed by atoms with E-state index in [1.54, 1.807) is 0 Å². The molecule has 12 heteroatoms. The van der Waals surface area contributed by atoms with Crippen LogP contribution in [0.15, 0.2) is 188 Å². The second-order valence-electron chi connectivity index (χ2n) is 13.8. The topological polar surface area (TPSA) is 110 Å². The van der Waals surface area contributed by atoms with E-state index in [0.717, 1.165) is 43.8 Å². The summed E-state index contributed by atoms with van der Waals surface area (Å²) < 4.78 is 27.9. The van der Waals surface area contributed by atoms with Gasteiger partial charge in [-0.3, -0.25) is 4.57 Å². The quantitative estimate of drug-likeness (QED) is 0.144. The Labute approximate surface area is 324 Å². The van der Waals surface area contributed by atoms with Gasteiger partial charge in [0.1, 0.15) is 22.6 Å². The second-order valence-corrected chi connectivity index (χ2v) is 18.5. The van der Waals surface area contributed by atoms with Gasteiger partial charge in [0, 0.05) is 54.4 Å². The van der Waals surface area contributed by atoms with E-state index in [9.17, 15) is 0 Å². The molecule has 2 aromatic heterocycles. The summed E-state index contributed by atoms with van der Waals surface area (Å²) in [5.74, 6) is 3.28. The minimum absolute atomic E-state index is 0.526. The summed E-state index contributed by atoms with van der Waals surface area (Å²) in [6.45, 7) is 0. The third kappa shape index (κ3) is 4.51. The second kappa shape index (κ2) is 11.9. The molecule has 56 heavy (non-hydrogen) atoms. The largest absolute Gasteiger partial charge is 0.815 e. The molecule has 6 aromatic carbocycles. The number of fused-ring (bicyclic) bond motifs is 14. The number of nitrogens with zero attached hydrogens (tertiary/aromatic N) is 8. The molecular formula is C44H26AlN8O2P. The Kier molecular flexibility index (Phi) is 6.77. The molecule has 0 saturated heterocycles. The first kappa shape index (κ1) is 31.7. The number of hydrogen-bond acceptors (Lipinski definition) is 8. The molecule has 0 radical (unpaired) electrons. The Balaban J connectivity index is 1.32. The molecule has 0 saturated carbocycles. The molecule has 8 aromatic rings. The minimum Gasteiger partial charge on any atom is -0.410 e. The Hall–Kier alpha value is -6.60. The van der Waals surface area contributed by atoms with E-state index in [1.807, 2.05) is 158 Å². The highest BCUT2D eigenvalue weighted by molar-refractivity contribution is 7.75. The van der Waals surface area contributed by atoms with E-state index >= 15 is 4.57 Å². The van der Waals surface area contributed by atoms with Gasteiger partial charge in [0.2, 0.25) is 7.37 Å². The molecule has 0 N–H and O–H groups in total. The molecule has 4 aliphatic rings. The van der Waals surface area contributed by atoms with Crippen LogP contribution in [0.3, 0.4) is 0 Å². The lowest BCUT2D eigenvalue weighted by Crippen LogP contribution is -2.49. The maximum absolute atomic E-state index is 16.2. The van der Waals surface area contributed by atoms with Crippen LogP contribution in [0.5, 0.6) is 0 Å². The first-order valence-corrected chi connectivity index (χ1v) is 21.4. The Morgan fingerprint density at radius 3 is 1.18 bits per heavy atom. The normalized spacial score (nSPS) is 14.9. The van der Waals surface area contributed by atoms with Gasteiger partial charge in [-0.05, 0) is 24.3 Å². The first-order valence-electron chi connectivity index (χ1n) is 18.3. The van der Waals surface area contributed by atoms with Crippen LogP contribution >= 0.6 is 7.37 Å². The molecule has 0 atom stereocenters. The maximum Gasteiger partial charge on any atom is 0.815 e. The van der Waals surface area contributed by atoms with Crippen LogP contribution in [-0.4, -0.2) is 45.4 Å². The zero-order valence-corrected chi connectivity index (χ0v) is 31.5. The van der Waals surface area contributed by atoms with Gasteiger partial charge in [-0.15, -0.1) is 0 Å². The molecule has 262 valence electrons. The lowest BCUT2D eigenvalue weighted by molar-refractivity contribution is 0.493. The SMILES string of the molecule is O=P([O][Al]1[n]2c3c4ccccc4c2N=C2N=C(N=c4c5ccccc5c([n]41)=NC1=NC(=N3)c3ccccc31)c1ccccc12)(c1ccccc1)c1ccccc1. The predicted octanol–water partition coefficient (Wildman–Crippen LogP) is 6.87. The first-order chi connectivity index (χ1) is 27.6. The fourth-order valence-electron chi connectivity index (χ4n) is 8.13. The summed E-state index contributed by atoms with van der Waals surface area (Å²) in [5, 5.41) is 4.53. The Bertz CT molecular complexity index is 3120. The van der Waals surface area contributed by atoms with Gasteiger partial charge >= 0.3 is 14.9 Å². The predicted molar refractivity (Wildman–Crippen MR) is 222 cm³/mol. The lowest BCUT2D eigenvalue weighted by Gasteiger charge is -2.26. The van der Waals surface area contributed by atoms with Gasteiger partial charge in [0.25, 0.3) is 0 Å². The zero-order valence-electron chi connectivity index (χ0n) is 29.4. The monoisotopic (exact) mass is 756 g/mol. The number of aromatic nitrogens is 2. The molecule has 0 aliphatic carbocycles. The van der Waals surface area contributed by atoms with E-state index in [0.29, 0.717) is 56.6 Å². The number of benzene rings is 6. The molecule has 0 unspecified atom stereocenters. The van der Waals surface area contributed by atoms with Crippen LogP contribution in [0.4, 0.5) is 11.6 Å². The fourth-order valence-corrected chi connectivity index (χ4v) is 14.2. The maximum atomic E-state index is 16.2. The highest BCUT2D eigenvalue weighted by Crippen LogP contribution is 2.48. The van der Waals surface area contributed by atoms with Crippen molar-refractivity contribution in [3.63, 3.8) is 0 Å². The Morgan fingerprint density at radius 2 is 0.750 bits per heavy atom. The van der Waals surface area contributed by atoms with Gasteiger partial charge in [-0.1, -0.05) is 133 Å².